The van der Waals surface area contributed by atoms with Crippen molar-refractivity contribution < 1.29 is 23.7 Å². The highest BCUT2D eigenvalue weighted by Crippen LogP contribution is 2.35. The van der Waals surface area contributed by atoms with Crippen LogP contribution in [0.25, 0.3) is 28.2 Å². The molecule has 168 valence electrons. The number of carbonyl (C=O) groups excluding carboxylic acids is 1. The van der Waals surface area contributed by atoms with Gasteiger partial charge in [-0.05, 0) is 37.3 Å². The molecule has 0 spiro atoms. The normalized spacial score (nSPS) is 12.2. The number of benzene rings is 2. The molecule has 4 aromatic rings. The van der Waals surface area contributed by atoms with Gasteiger partial charge in [0.25, 0.3) is 5.91 Å². The van der Waals surface area contributed by atoms with Crippen molar-refractivity contribution >= 4 is 17.1 Å². The van der Waals surface area contributed by atoms with E-state index in [2.05, 4.69) is 15.0 Å². The molecule has 2 aromatic heterocycles. The van der Waals surface area contributed by atoms with Crippen molar-refractivity contribution in [1.29, 1.82) is 0 Å². The monoisotopic (exact) mass is 449 g/mol. The molecule has 3 heterocycles. The van der Waals surface area contributed by atoms with Crippen LogP contribution in [0.5, 0.6) is 23.0 Å². The second kappa shape index (κ2) is 7.86. The van der Waals surface area contributed by atoms with Crippen LogP contribution in [0, 0.1) is 0 Å². The predicted molar refractivity (Wildman–Crippen MR) is 117 cm³/mol. The van der Waals surface area contributed by atoms with Crippen LogP contribution in [-0.4, -0.2) is 45.9 Å². The summed E-state index contributed by atoms with van der Waals surface area (Å²) in [6, 6.07) is 10.2. The minimum atomic E-state index is -0.805. The van der Waals surface area contributed by atoms with E-state index in [1.165, 1.54) is 11.7 Å². The lowest BCUT2D eigenvalue weighted by Gasteiger charge is -2.11. The average molecular weight is 449 g/mol. The molecule has 11 heteroatoms. The molecular weight excluding hydrogens is 430 g/mol. The van der Waals surface area contributed by atoms with Gasteiger partial charge in [0.2, 0.25) is 6.79 Å². The number of methoxy groups -OCH3 is 1. The Morgan fingerprint density at radius 3 is 2.73 bits per heavy atom. The first-order valence-electron chi connectivity index (χ1n) is 10.0. The van der Waals surface area contributed by atoms with Gasteiger partial charge in [-0.1, -0.05) is 0 Å². The van der Waals surface area contributed by atoms with Crippen LogP contribution < -0.4 is 30.4 Å². The Bertz CT molecular complexity index is 1460. The summed E-state index contributed by atoms with van der Waals surface area (Å²) in [7, 11) is 1.52. The Morgan fingerprint density at radius 2 is 1.97 bits per heavy atom. The fraction of sp³-hybridized carbons (Fsp3) is 0.182. The summed E-state index contributed by atoms with van der Waals surface area (Å²) in [5, 5.41) is 0. The van der Waals surface area contributed by atoms with E-state index >= 15 is 0 Å². The molecular formula is C22H19N5O6. The minimum absolute atomic E-state index is 0.0965. The Kier molecular flexibility index (Phi) is 4.85. The molecule has 1 aliphatic rings. The molecule has 1 amide bonds. The van der Waals surface area contributed by atoms with Gasteiger partial charge in [-0.15, -0.1) is 0 Å². The number of rotatable bonds is 6. The Balaban J connectivity index is 1.73. The van der Waals surface area contributed by atoms with Gasteiger partial charge in [0.1, 0.15) is 5.52 Å². The molecule has 11 nitrogen and oxygen atoms in total. The van der Waals surface area contributed by atoms with Crippen molar-refractivity contribution in [2.75, 3.05) is 20.5 Å². The number of hydrogen-bond acceptors (Lipinski definition) is 8. The zero-order valence-corrected chi connectivity index (χ0v) is 17.7. The molecule has 0 saturated heterocycles. The average Bonchev–Trinajstić information content (AvgIpc) is 3.41. The molecule has 0 unspecified atom stereocenters. The van der Waals surface area contributed by atoms with Crippen molar-refractivity contribution in [3.05, 3.63) is 52.6 Å². The molecule has 2 aromatic carbocycles. The first-order chi connectivity index (χ1) is 16.0. The fourth-order valence-electron chi connectivity index (χ4n) is 3.64. The molecule has 0 radical (unpaired) electrons. The Labute approximate surface area is 186 Å². The Hall–Kier alpha value is -4.54. The first kappa shape index (κ1) is 20.4. The van der Waals surface area contributed by atoms with E-state index in [1.54, 1.807) is 36.4 Å². The van der Waals surface area contributed by atoms with E-state index in [1.807, 2.05) is 6.92 Å². The zero-order chi connectivity index (χ0) is 23.1. The topological polar surface area (TPSA) is 144 Å². The van der Waals surface area contributed by atoms with Crippen LogP contribution in [0.2, 0.25) is 0 Å². The van der Waals surface area contributed by atoms with E-state index in [4.69, 9.17) is 24.7 Å². The van der Waals surface area contributed by atoms with E-state index in [0.29, 0.717) is 40.9 Å². The van der Waals surface area contributed by atoms with Gasteiger partial charge < -0.3 is 29.7 Å². The molecule has 0 fully saturated rings. The number of ether oxygens (including phenoxy) is 4. The SMILES string of the molecule is CCOc1ccc(-c2nc(C(N)=O)c3[nH]c(=O)n(-c4ccc5c(c4)OCO5)c3n2)cc1OC. The summed E-state index contributed by atoms with van der Waals surface area (Å²) in [6.07, 6.45) is 0. The molecule has 1 aliphatic heterocycles. The second-order valence-electron chi connectivity index (χ2n) is 7.06. The van der Waals surface area contributed by atoms with Gasteiger partial charge in [0.05, 0.1) is 19.4 Å². The number of nitrogens with two attached hydrogens (primary N) is 1. The largest absolute Gasteiger partial charge is 0.493 e. The smallest absolute Gasteiger partial charge is 0.332 e. The fourth-order valence-corrected chi connectivity index (χ4v) is 3.64. The Morgan fingerprint density at radius 1 is 1.15 bits per heavy atom. The van der Waals surface area contributed by atoms with Gasteiger partial charge in [-0.2, -0.15) is 0 Å². The molecule has 33 heavy (non-hydrogen) atoms. The number of aromatic amines is 1. The van der Waals surface area contributed by atoms with Gasteiger partial charge in [0, 0.05) is 11.6 Å². The maximum Gasteiger partial charge on any atom is 0.332 e. The van der Waals surface area contributed by atoms with Gasteiger partial charge in [0.15, 0.2) is 40.2 Å². The molecule has 0 atom stereocenters. The highest BCUT2D eigenvalue weighted by molar-refractivity contribution is 6.02. The maximum absolute atomic E-state index is 12.9. The van der Waals surface area contributed by atoms with Crippen LogP contribution in [-0.2, 0) is 0 Å². The minimum Gasteiger partial charge on any atom is -0.493 e. The summed E-state index contributed by atoms with van der Waals surface area (Å²) in [4.78, 5) is 36.6. The third kappa shape index (κ3) is 3.39. The summed E-state index contributed by atoms with van der Waals surface area (Å²) in [5.41, 5.74) is 6.29. The van der Waals surface area contributed by atoms with Gasteiger partial charge in [-0.25, -0.2) is 19.3 Å². The van der Waals surface area contributed by atoms with E-state index in [0.717, 1.165) is 0 Å². The number of imidazole rings is 1. The number of nitrogens with zero attached hydrogens (tertiary/aromatic N) is 3. The second-order valence-corrected chi connectivity index (χ2v) is 7.06. The first-order valence-corrected chi connectivity index (χ1v) is 10.0. The molecule has 0 bridgehead atoms. The number of nitrogens with one attached hydrogen (secondary N) is 1. The lowest BCUT2D eigenvalue weighted by Crippen LogP contribution is -2.15. The van der Waals surface area contributed by atoms with Gasteiger partial charge in [-0.3, -0.25) is 4.79 Å². The number of primary amides is 1. The summed E-state index contributed by atoms with van der Waals surface area (Å²) in [5.74, 6) is 1.47. The van der Waals surface area contributed by atoms with Crippen LogP contribution in [0.15, 0.2) is 41.2 Å². The lowest BCUT2D eigenvalue weighted by atomic mass is 10.1. The standard InChI is InChI=1S/C22H19N5O6/c1-3-31-13-6-4-11(8-15(13)30-2)20-24-17(19(23)28)18-21(26-20)27(22(29)25-18)12-5-7-14-16(9-12)33-10-32-14/h4-9H,3,10H2,1-2H3,(H2,23,28)(H,25,29). The van der Waals surface area contributed by atoms with Crippen molar-refractivity contribution in [3.63, 3.8) is 0 Å². The third-order valence-electron chi connectivity index (χ3n) is 5.11. The van der Waals surface area contributed by atoms with E-state index in [9.17, 15) is 9.59 Å². The van der Waals surface area contributed by atoms with E-state index < -0.39 is 11.6 Å². The predicted octanol–water partition coefficient (Wildman–Crippen LogP) is 2.01. The quantitative estimate of drug-likeness (QED) is 0.455. The summed E-state index contributed by atoms with van der Waals surface area (Å²) in [6.45, 7) is 2.43. The van der Waals surface area contributed by atoms with Crippen LogP contribution in [0.3, 0.4) is 0 Å². The number of fused-ring (bicyclic) bond motifs is 2. The number of H-pyrrole nitrogens is 1. The molecule has 0 saturated carbocycles. The third-order valence-corrected chi connectivity index (χ3v) is 5.11. The van der Waals surface area contributed by atoms with Crippen molar-refractivity contribution in [2.24, 2.45) is 5.73 Å². The highest BCUT2D eigenvalue weighted by Gasteiger charge is 2.22. The van der Waals surface area contributed by atoms with Crippen LogP contribution in [0.1, 0.15) is 17.4 Å². The summed E-state index contributed by atoms with van der Waals surface area (Å²) >= 11 is 0. The number of hydrogen-bond donors (Lipinski definition) is 2. The number of carbonyl (C=O) groups is 1. The van der Waals surface area contributed by atoms with Crippen molar-refractivity contribution in [1.82, 2.24) is 19.5 Å². The molecule has 0 aliphatic carbocycles. The summed E-state index contributed by atoms with van der Waals surface area (Å²) < 4.78 is 23.0. The molecule has 5 rings (SSSR count). The lowest BCUT2D eigenvalue weighted by molar-refractivity contribution is 0.0997. The number of aromatic nitrogens is 4. The van der Waals surface area contributed by atoms with Gasteiger partial charge >= 0.3 is 5.69 Å². The van der Waals surface area contributed by atoms with Crippen LogP contribution >= 0.6 is 0 Å². The maximum atomic E-state index is 12.9. The highest BCUT2D eigenvalue weighted by atomic mass is 16.7. The van der Waals surface area contributed by atoms with Crippen molar-refractivity contribution in [2.45, 2.75) is 6.92 Å². The number of amides is 1. The van der Waals surface area contributed by atoms with E-state index in [-0.39, 0.29) is 29.5 Å². The van der Waals surface area contributed by atoms with Crippen LogP contribution in [0.4, 0.5) is 0 Å². The zero-order valence-electron chi connectivity index (χ0n) is 17.7. The van der Waals surface area contributed by atoms with Crippen molar-refractivity contribution in [3.8, 4) is 40.1 Å². The molecule has 3 N–H and O–H groups in total.